The third kappa shape index (κ3) is 3.81. The van der Waals surface area contributed by atoms with Crippen LogP contribution in [0.25, 0.3) is 0 Å². The zero-order valence-electron chi connectivity index (χ0n) is 8.93. The lowest BCUT2D eigenvalue weighted by Gasteiger charge is -2.15. The summed E-state index contributed by atoms with van der Waals surface area (Å²) in [6.45, 7) is 1.87. The molecular formula is C8H12N4O3S. The van der Waals surface area contributed by atoms with Crippen LogP contribution in [0, 0.1) is 6.92 Å². The van der Waals surface area contributed by atoms with E-state index in [1.807, 2.05) is 0 Å². The van der Waals surface area contributed by atoms with E-state index in [0.717, 1.165) is 11.5 Å². The number of amides is 2. The van der Waals surface area contributed by atoms with Crippen LogP contribution in [0.3, 0.4) is 0 Å². The van der Waals surface area contributed by atoms with Gasteiger partial charge in [-0.2, -0.15) is 4.37 Å². The Balaban J connectivity index is 2.42. The second kappa shape index (κ2) is 5.40. The molecule has 0 aliphatic heterocycles. The number of carbonyl (C=O) groups is 2. The van der Waals surface area contributed by atoms with Gasteiger partial charge in [0.05, 0.1) is 6.42 Å². The Morgan fingerprint density at radius 1 is 1.56 bits per heavy atom. The molecular weight excluding hydrogens is 232 g/mol. The van der Waals surface area contributed by atoms with Crippen LogP contribution in [0.2, 0.25) is 0 Å². The third-order valence-electron chi connectivity index (χ3n) is 1.75. The summed E-state index contributed by atoms with van der Waals surface area (Å²) in [6.07, 6.45) is -0.0843. The maximum Gasteiger partial charge on any atom is 0.323 e. The van der Waals surface area contributed by atoms with Crippen molar-refractivity contribution < 1.29 is 14.7 Å². The number of hydrogen-bond acceptors (Lipinski definition) is 5. The van der Waals surface area contributed by atoms with Crippen LogP contribution in [0.5, 0.6) is 0 Å². The minimum Gasteiger partial charge on any atom is -0.481 e. The van der Waals surface area contributed by atoms with Crippen molar-refractivity contribution in [3.8, 4) is 0 Å². The number of hydrogen-bond donors (Lipinski definition) is 2. The van der Waals surface area contributed by atoms with E-state index >= 15 is 0 Å². The molecule has 8 heteroatoms. The molecule has 0 atom stereocenters. The predicted molar refractivity (Wildman–Crippen MR) is 58.5 cm³/mol. The molecule has 0 aromatic carbocycles. The topological polar surface area (TPSA) is 95.4 Å². The van der Waals surface area contributed by atoms with E-state index in [0.29, 0.717) is 11.0 Å². The molecule has 0 saturated carbocycles. The number of aromatic nitrogens is 2. The lowest BCUT2D eigenvalue weighted by atomic mass is 10.4. The van der Waals surface area contributed by atoms with E-state index in [1.54, 1.807) is 6.92 Å². The van der Waals surface area contributed by atoms with Gasteiger partial charge in [0.2, 0.25) is 5.13 Å². The van der Waals surface area contributed by atoms with E-state index < -0.39 is 12.0 Å². The number of anilines is 1. The van der Waals surface area contributed by atoms with E-state index in [-0.39, 0.29) is 13.0 Å². The molecule has 1 rings (SSSR count). The minimum atomic E-state index is -0.939. The summed E-state index contributed by atoms with van der Waals surface area (Å²) in [4.78, 5) is 27.0. The van der Waals surface area contributed by atoms with E-state index in [2.05, 4.69) is 14.7 Å². The summed E-state index contributed by atoms with van der Waals surface area (Å²) >= 11 is 1.08. The first-order valence-electron chi connectivity index (χ1n) is 4.53. The molecule has 0 fully saturated rings. The monoisotopic (exact) mass is 244 g/mol. The van der Waals surface area contributed by atoms with Crippen LogP contribution in [-0.4, -0.2) is 45.0 Å². The first-order valence-corrected chi connectivity index (χ1v) is 5.30. The van der Waals surface area contributed by atoms with Gasteiger partial charge >= 0.3 is 12.0 Å². The van der Waals surface area contributed by atoms with Gasteiger partial charge in [0, 0.05) is 25.1 Å². The number of urea groups is 1. The number of nitrogens with zero attached hydrogens (tertiary/aromatic N) is 3. The Kier molecular flexibility index (Phi) is 4.18. The molecule has 7 nitrogen and oxygen atoms in total. The fourth-order valence-corrected chi connectivity index (χ4v) is 1.46. The Morgan fingerprint density at radius 3 is 2.75 bits per heavy atom. The minimum absolute atomic E-state index is 0.0843. The van der Waals surface area contributed by atoms with Crippen LogP contribution in [-0.2, 0) is 4.79 Å². The molecule has 88 valence electrons. The predicted octanol–water partition coefficient (Wildman–Crippen LogP) is 0.785. The maximum atomic E-state index is 11.5. The van der Waals surface area contributed by atoms with Gasteiger partial charge in [0.25, 0.3) is 0 Å². The van der Waals surface area contributed by atoms with Crippen LogP contribution < -0.4 is 5.32 Å². The molecule has 0 unspecified atom stereocenters. The summed E-state index contributed by atoms with van der Waals surface area (Å²) < 4.78 is 3.91. The Hall–Kier alpha value is -1.70. The Morgan fingerprint density at radius 2 is 2.25 bits per heavy atom. The van der Waals surface area contributed by atoms with Gasteiger partial charge in [-0.25, -0.2) is 9.78 Å². The van der Waals surface area contributed by atoms with Gasteiger partial charge in [0.1, 0.15) is 5.82 Å². The van der Waals surface area contributed by atoms with Gasteiger partial charge in [0.15, 0.2) is 0 Å². The molecule has 0 spiro atoms. The maximum absolute atomic E-state index is 11.5. The zero-order valence-corrected chi connectivity index (χ0v) is 9.74. The van der Waals surface area contributed by atoms with E-state index in [1.165, 1.54) is 11.9 Å². The van der Waals surface area contributed by atoms with E-state index in [4.69, 9.17) is 5.11 Å². The molecule has 2 amide bonds. The van der Waals surface area contributed by atoms with E-state index in [9.17, 15) is 9.59 Å². The second-order valence-corrected chi connectivity index (χ2v) is 3.89. The number of carboxylic acid groups (broad SMARTS) is 1. The highest BCUT2D eigenvalue weighted by molar-refractivity contribution is 7.09. The number of carbonyl (C=O) groups excluding carboxylic acids is 1. The average molecular weight is 244 g/mol. The number of aliphatic carboxylic acids is 1. The third-order valence-corrected chi connectivity index (χ3v) is 2.47. The van der Waals surface area contributed by atoms with Crippen molar-refractivity contribution in [1.82, 2.24) is 14.3 Å². The van der Waals surface area contributed by atoms with Crippen LogP contribution in [0.15, 0.2) is 0 Å². The highest BCUT2D eigenvalue weighted by atomic mass is 32.1. The van der Waals surface area contributed by atoms with Gasteiger partial charge in [-0.05, 0) is 6.92 Å². The molecule has 1 heterocycles. The summed E-state index contributed by atoms with van der Waals surface area (Å²) in [5, 5.41) is 11.4. The molecule has 0 aliphatic rings. The Labute approximate surface area is 96.3 Å². The normalized spacial score (nSPS) is 9.88. The van der Waals surface area contributed by atoms with Crippen molar-refractivity contribution in [2.24, 2.45) is 0 Å². The lowest BCUT2D eigenvalue weighted by Crippen LogP contribution is -2.33. The average Bonchev–Trinajstić information content (AvgIpc) is 2.60. The highest BCUT2D eigenvalue weighted by Crippen LogP contribution is 2.10. The van der Waals surface area contributed by atoms with Crippen molar-refractivity contribution in [3.05, 3.63) is 5.82 Å². The van der Waals surface area contributed by atoms with Crippen LogP contribution in [0.1, 0.15) is 12.2 Å². The van der Waals surface area contributed by atoms with Crippen molar-refractivity contribution in [3.63, 3.8) is 0 Å². The van der Waals surface area contributed by atoms with Crippen molar-refractivity contribution in [1.29, 1.82) is 0 Å². The Bertz CT molecular complexity index is 392. The second-order valence-electron chi connectivity index (χ2n) is 3.14. The SMILES string of the molecule is Cc1nsc(NC(=O)N(C)CCC(=O)O)n1. The number of rotatable bonds is 4. The van der Waals surface area contributed by atoms with Crippen LogP contribution in [0.4, 0.5) is 9.93 Å². The molecule has 0 bridgehead atoms. The smallest absolute Gasteiger partial charge is 0.323 e. The van der Waals surface area contributed by atoms with Gasteiger partial charge < -0.3 is 10.0 Å². The molecule has 1 aromatic heterocycles. The molecule has 0 radical (unpaired) electrons. The van der Waals surface area contributed by atoms with Crippen molar-refractivity contribution in [2.45, 2.75) is 13.3 Å². The molecule has 0 aliphatic carbocycles. The number of aryl methyl sites for hydroxylation is 1. The molecule has 2 N–H and O–H groups in total. The van der Waals surface area contributed by atoms with Crippen molar-refractivity contribution >= 4 is 28.7 Å². The number of carboxylic acids is 1. The molecule has 1 aromatic rings. The summed E-state index contributed by atoms with van der Waals surface area (Å²) in [7, 11) is 1.52. The largest absolute Gasteiger partial charge is 0.481 e. The van der Waals surface area contributed by atoms with Gasteiger partial charge in [-0.1, -0.05) is 0 Å². The fourth-order valence-electron chi connectivity index (χ4n) is 0.900. The standard InChI is InChI=1S/C8H12N4O3S/c1-5-9-7(16-11-5)10-8(15)12(2)4-3-6(13)14/h3-4H2,1-2H3,(H,13,14)(H,9,10,11,15). The molecule has 0 saturated heterocycles. The summed E-state index contributed by atoms with van der Waals surface area (Å²) in [5.74, 6) is -0.347. The zero-order chi connectivity index (χ0) is 12.1. The molecule has 16 heavy (non-hydrogen) atoms. The highest BCUT2D eigenvalue weighted by Gasteiger charge is 2.12. The number of nitrogens with one attached hydrogen (secondary N) is 1. The van der Waals surface area contributed by atoms with Crippen molar-refractivity contribution in [2.75, 3.05) is 18.9 Å². The quantitative estimate of drug-likeness (QED) is 0.816. The first-order chi connectivity index (χ1) is 7.49. The van der Waals surface area contributed by atoms with Gasteiger partial charge in [-0.15, -0.1) is 0 Å². The lowest BCUT2D eigenvalue weighted by molar-refractivity contribution is -0.137. The summed E-state index contributed by atoms with van der Waals surface area (Å²) in [6, 6.07) is -0.391. The van der Waals surface area contributed by atoms with Gasteiger partial charge in [-0.3, -0.25) is 10.1 Å². The first kappa shape index (κ1) is 12.4. The van der Waals surface area contributed by atoms with Crippen LogP contribution >= 0.6 is 11.5 Å². The fraction of sp³-hybridized carbons (Fsp3) is 0.500. The summed E-state index contributed by atoms with van der Waals surface area (Å²) in [5.41, 5.74) is 0.